The number of hydrogen-bond acceptors (Lipinski definition) is 5. The molecule has 3 rings (SSSR count). The fourth-order valence-corrected chi connectivity index (χ4v) is 2.66. The van der Waals surface area contributed by atoms with Crippen LogP contribution in [0.25, 0.3) is 0 Å². The second-order valence-electron chi connectivity index (χ2n) is 5.73. The number of nitrogens with zero attached hydrogens (tertiary/aromatic N) is 3. The number of pyridine rings is 1. The van der Waals surface area contributed by atoms with Crippen molar-refractivity contribution in [2.45, 2.75) is 6.92 Å². The minimum Gasteiger partial charge on any atom is -0.506 e. The molecule has 120 valence electrons. The standard InChI is InChI=1S/C17H20N4O2/c1-12-2-3-13(10-15(12)18)17(23)21-8-6-20(7-9-21)16-5-4-14(22)11-19-16/h2-5,10-11,22H,6-9,18H2,1H3. The van der Waals surface area contributed by atoms with Crippen molar-refractivity contribution in [2.75, 3.05) is 36.8 Å². The smallest absolute Gasteiger partial charge is 0.254 e. The van der Waals surface area contributed by atoms with Crippen molar-refractivity contribution >= 4 is 17.4 Å². The van der Waals surface area contributed by atoms with Crippen LogP contribution < -0.4 is 10.6 Å². The molecule has 2 aromatic rings. The molecule has 1 aliphatic heterocycles. The van der Waals surface area contributed by atoms with Crippen LogP contribution in [0.5, 0.6) is 5.75 Å². The molecule has 23 heavy (non-hydrogen) atoms. The van der Waals surface area contributed by atoms with E-state index in [0.29, 0.717) is 37.4 Å². The van der Waals surface area contributed by atoms with Crippen LogP contribution in [0.3, 0.4) is 0 Å². The summed E-state index contributed by atoms with van der Waals surface area (Å²) < 4.78 is 0. The maximum atomic E-state index is 12.6. The molecule has 0 aliphatic carbocycles. The summed E-state index contributed by atoms with van der Waals surface area (Å²) in [5, 5.41) is 9.29. The van der Waals surface area contributed by atoms with E-state index in [0.717, 1.165) is 11.4 Å². The van der Waals surface area contributed by atoms with Crippen molar-refractivity contribution in [3.63, 3.8) is 0 Å². The average Bonchev–Trinajstić information content (AvgIpc) is 2.57. The van der Waals surface area contributed by atoms with Crippen molar-refractivity contribution in [1.29, 1.82) is 0 Å². The number of aromatic hydroxyl groups is 1. The van der Waals surface area contributed by atoms with Gasteiger partial charge in [0, 0.05) is 37.4 Å². The predicted molar refractivity (Wildman–Crippen MR) is 89.6 cm³/mol. The number of anilines is 2. The third kappa shape index (κ3) is 3.21. The molecule has 6 heteroatoms. The first-order chi connectivity index (χ1) is 11.0. The van der Waals surface area contributed by atoms with Gasteiger partial charge in [0.25, 0.3) is 5.91 Å². The molecule has 1 amide bonds. The SMILES string of the molecule is Cc1ccc(C(=O)N2CCN(c3ccc(O)cn3)CC2)cc1N. The number of nitrogen functional groups attached to an aromatic ring is 1. The minimum absolute atomic E-state index is 0.00927. The molecule has 0 unspecified atom stereocenters. The van der Waals surface area contributed by atoms with Gasteiger partial charge in [0.1, 0.15) is 11.6 Å². The number of nitrogens with two attached hydrogens (primary N) is 1. The van der Waals surface area contributed by atoms with Crippen molar-refractivity contribution < 1.29 is 9.90 Å². The van der Waals surface area contributed by atoms with E-state index in [1.165, 1.54) is 6.20 Å². The Labute approximate surface area is 135 Å². The molecule has 1 aromatic heterocycles. The maximum absolute atomic E-state index is 12.6. The third-order valence-corrected chi connectivity index (χ3v) is 4.15. The molecule has 6 nitrogen and oxygen atoms in total. The number of piperazine rings is 1. The number of carbonyl (C=O) groups is 1. The van der Waals surface area contributed by atoms with Crippen LogP contribution in [-0.4, -0.2) is 47.1 Å². The normalized spacial score (nSPS) is 14.8. The molecule has 0 bridgehead atoms. The van der Waals surface area contributed by atoms with Crippen LogP contribution in [0.1, 0.15) is 15.9 Å². The van der Waals surface area contributed by atoms with Crippen molar-refractivity contribution in [3.05, 3.63) is 47.7 Å². The summed E-state index contributed by atoms with van der Waals surface area (Å²) in [6, 6.07) is 8.84. The third-order valence-electron chi connectivity index (χ3n) is 4.15. The number of hydrogen-bond donors (Lipinski definition) is 2. The summed E-state index contributed by atoms with van der Waals surface area (Å²) >= 11 is 0. The Morgan fingerprint density at radius 2 is 1.91 bits per heavy atom. The topological polar surface area (TPSA) is 82.7 Å². The maximum Gasteiger partial charge on any atom is 0.254 e. The summed E-state index contributed by atoms with van der Waals surface area (Å²) in [6.07, 6.45) is 1.43. The Morgan fingerprint density at radius 1 is 1.17 bits per heavy atom. The Morgan fingerprint density at radius 3 is 2.52 bits per heavy atom. The highest BCUT2D eigenvalue weighted by Crippen LogP contribution is 2.19. The van der Waals surface area contributed by atoms with Crippen LogP contribution in [0.2, 0.25) is 0 Å². The van der Waals surface area contributed by atoms with Crippen LogP contribution in [0.15, 0.2) is 36.5 Å². The second kappa shape index (κ2) is 6.16. The first kappa shape index (κ1) is 15.1. The van der Waals surface area contributed by atoms with E-state index >= 15 is 0 Å². The molecular weight excluding hydrogens is 292 g/mol. The first-order valence-corrected chi connectivity index (χ1v) is 7.60. The van der Waals surface area contributed by atoms with Gasteiger partial charge in [0.2, 0.25) is 0 Å². The van der Waals surface area contributed by atoms with Gasteiger partial charge in [0.05, 0.1) is 6.20 Å². The van der Waals surface area contributed by atoms with Gasteiger partial charge >= 0.3 is 0 Å². The van der Waals surface area contributed by atoms with Crippen molar-refractivity contribution in [1.82, 2.24) is 9.88 Å². The summed E-state index contributed by atoms with van der Waals surface area (Å²) in [6.45, 7) is 4.62. The zero-order chi connectivity index (χ0) is 16.4. The molecular formula is C17H20N4O2. The highest BCUT2D eigenvalue weighted by atomic mass is 16.3. The number of aryl methyl sites for hydroxylation is 1. The van der Waals surface area contributed by atoms with Gasteiger partial charge in [0.15, 0.2) is 0 Å². The van der Waals surface area contributed by atoms with E-state index in [9.17, 15) is 9.90 Å². The summed E-state index contributed by atoms with van der Waals surface area (Å²) in [4.78, 5) is 20.7. The van der Waals surface area contributed by atoms with Gasteiger partial charge in [-0.1, -0.05) is 6.07 Å². The van der Waals surface area contributed by atoms with Gasteiger partial charge < -0.3 is 20.6 Å². The minimum atomic E-state index is 0.00927. The van der Waals surface area contributed by atoms with E-state index in [2.05, 4.69) is 9.88 Å². The van der Waals surface area contributed by atoms with Crippen molar-refractivity contribution in [3.8, 4) is 5.75 Å². The van der Waals surface area contributed by atoms with Crippen LogP contribution in [-0.2, 0) is 0 Å². The van der Waals surface area contributed by atoms with E-state index in [-0.39, 0.29) is 11.7 Å². The monoisotopic (exact) mass is 312 g/mol. The molecule has 2 heterocycles. The average molecular weight is 312 g/mol. The Kier molecular flexibility index (Phi) is 4.06. The Hall–Kier alpha value is -2.76. The molecule has 1 fully saturated rings. The highest BCUT2D eigenvalue weighted by Gasteiger charge is 2.23. The Bertz CT molecular complexity index is 707. The first-order valence-electron chi connectivity index (χ1n) is 7.60. The summed E-state index contributed by atoms with van der Waals surface area (Å²) in [7, 11) is 0. The number of carbonyl (C=O) groups excluding carboxylic acids is 1. The fourth-order valence-electron chi connectivity index (χ4n) is 2.66. The fraction of sp³-hybridized carbons (Fsp3) is 0.294. The summed E-state index contributed by atoms with van der Waals surface area (Å²) in [5.74, 6) is 0.976. The van der Waals surface area contributed by atoms with Crippen LogP contribution in [0, 0.1) is 6.92 Å². The van der Waals surface area contributed by atoms with Crippen molar-refractivity contribution in [2.24, 2.45) is 0 Å². The lowest BCUT2D eigenvalue weighted by Crippen LogP contribution is -2.49. The van der Waals surface area contributed by atoms with Gasteiger partial charge in [-0.25, -0.2) is 4.98 Å². The van der Waals surface area contributed by atoms with E-state index in [4.69, 9.17) is 5.73 Å². The number of benzene rings is 1. The predicted octanol–water partition coefficient (Wildman–Crippen LogP) is 1.64. The van der Waals surface area contributed by atoms with E-state index in [1.54, 1.807) is 18.2 Å². The molecule has 0 atom stereocenters. The number of aromatic nitrogens is 1. The lowest BCUT2D eigenvalue weighted by Gasteiger charge is -2.35. The molecule has 1 aromatic carbocycles. The lowest BCUT2D eigenvalue weighted by molar-refractivity contribution is 0.0746. The molecule has 1 saturated heterocycles. The lowest BCUT2D eigenvalue weighted by atomic mass is 10.1. The van der Waals surface area contributed by atoms with E-state index in [1.807, 2.05) is 24.0 Å². The van der Waals surface area contributed by atoms with Crippen LogP contribution >= 0.6 is 0 Å². The van der Waals surface area contributed by atoms with Gasteiger partial charge in [-0.2, -0.15) is 0 Å². The molecule has 0 saturated carbocycles. The Balaban J connectivity index is 1.65. The molecule has 0 radical (unpaired) electrons. The largest absolute Gasteiger partial charge is 0.506 e. The van der Waals surface area contributed by atoms with Gasteiger partial charge in [-0.15, -0.1) is 0 Å². The molecule has 3 N–H and O–H groups in total. The van der Waals surface area contributed by atoms with Gasteiger partial charge in [-0.3, -0.25) is 4.79 Å². The number of rotatable bonds is 2. The quantitative estimate of drug-likeness (QED) is 0.824. The van der Waals surface area contributed by atoms with Crippen LogP contribution in [0.4, 0.5) is 11.5 Å². The number of amides is 1. The molecule has 1 aliphatic rings. The summed E-state index contributed by atoms with van der Waals surface area (Å²) in [5.41, 5.74) is 8.14. The zero-order valence-electron chi connectivity index (χ0n) is 13.1. The zero-order valence-corrected chi connectivity index (χ0v) is 13.1. The van der Waals surface area contributed by atoms with Gasteiger partial charge in [-0.05, 0) is 36.8 Å². The second-order valence-corrected chi connectivity index (χ2v) is 5.73. The highest BCUT2D eigenvalue weighted by molar-refractivity contribution is 5.95. The molecule has 0 spiro atoms. The van der Waals surface area contributed by atoms with E-state index < -0.39 is 0 Å².